The van der Waals surface area contributed by atoms with Crippen molar-refractivity contribution in [3.63, 3.8) is 0 Å². The Morgan fingerprint density at radius 1 is 1.04 bits per heavy atom. The van der Waals surface area contributed by atoms with Gasteiger partial charge >= 0.3 is 0 Å². The summed E-state index contributed by atoms with van der Waals surface area (Å²) in [6.07, 6.45) is 6.33. The Kier molecular flexibility index (Phi) is 6.40. The van der Waals surface area contributed by atoms with Gasteiger partial charge < -0.3 is 0 Å². The molecule has 0 N–H and O–H groups in total. The smallest absolute Gasteiger partial charge is 0.167 e. The molecule has 5 heteroatoms. The van der Waals surface area contributed by atoms with Crippen LogP contribution in [0.15, 0.2) is 48.7 Å². The average Bonchev–Trinajstić information content (AvgIpc) is 2.75. The minimum absolute atomic E-state index is 0.112. The molecule has 1 aromatic carbocycles. The van der Waals surface area contributed by atoms with Gasteiger partial charge in [0, 0.05) is 54.9 Å². The summed E-state index contributed by atoms with van der Waals surface area (Å²) in [5.74, 6) is 0.385. The van der Waals surface area contributed by atoms with Crippen molar-refractivity contribution in [3.05, 3.63) is 64.9 Å². The quantitative estimate of drug-likeness (QED) is 0.705. The SMILES string of the molecule is O=C(c1ccc(Cl)cc1)[C@H]1CCCN(C2CCN(Cc3ccccn3)CC2)C1. The fraction of sp³-hybridized carbons (Fsp3) is 0.478. The molecule has 0 saturated carbocycles. The van der Waals surface area contributed by atoms with Crippen molar-refractivity contribution in [2.75, 3.05) is 26.2 Å². The van der Waals surface area contributed by atoms with Gasteiger partial charge in [-0.05, 0) is 68.6 Å². The van der Waals surface area contributed by atoms with E-state index in [4.69, 9.17) is 11.6 Å². The molecule has 0 amide bonds. The molecule has 0 bridgehead atoms. The highest BCUT2D eigenvalue weighted by atomic mass is 35.5. The molecule has 0 aliphatic carbocycles. The maximum absolute atomic E-state index is 12.9. The number of halogens is 1. The van der Waals surface area contributed by atoms with Crippen molar-refractivity contribution in [2.24, 2.45) is 5.92 Å². The number of benzene rings is 1. The fourth-order valence-corrected chi connectivity index (χ4v) is 4.69. The molecule has 148 valence electrons. The molecule has 1 aromatic heterocycles. The first-order valence-electron chi connectivity index (χ1n) is 10.3. The summed E-state index contributed by atoms with van der Waals surface area (Å²) >= 11 is 5.96. The molecule has 1 atom stereocenters. The molecule has 3 heterocycles. The third kappa shape index (κ3) is 4.80. The molecule has 2 fully saturated rings. The molecule has 2 saturated heterocycles. The number of hydrogen-bond donors (Lipinski definition) is 0. The van der Waals surface area contributed by atoms with Gasteiger partial charge in [0.25, 0.3) is 0 Å². The molecule has 0 spiro atoms. The van der Waals surface area contributed by atoms with Crippen molar-refractivity contribution in [1.29, 1.82) is 0 Å². The minimum Gasteiger partial charge on any atom is -0.300 e. The molecule has 4 rings (SSSR count). The van der Waals surface area contributed by atoms with Crippen molar-refractivity contribution >= 4 is 17.4 Å². The van der Waals surface area contributed by atoms with Crippen LogP contribution >= 0.6 is 11.6 Å². The Morgan fingerprint density at radius 3 is 2.54 bits per heavy atom. The van der Waals surface area contributed by atoms with E-state index in [0.717, 1.165) is 56.8 Å². The number of hydrogen-bond acceptors (Lipinski definition) is 4. The van der Waals surface area contributed by atoms with Crippen LogP contribution in [-0.2, 0) is 6.54 Å². The third-order valence-corrected chi connectivity index (χ3v) is 6.39. The van der Waals surface area contributed by atoms with Gasteiger partial charge in [-0.2, -0.15) is 0 Å². The molecule has 2 aliphatic rings. The predicted octanol–water partition coefficient (Wildman–Crippen LogP) is 4.29. The third-order valence-electron chi connectivity index (χ3n) is 6.14. The molecule has 0 radical (unpaired) electrons. The normalized spacial score (nSPS) is 22.2. The number of Topliss-reactive ketones (excluding diaryl/α,β-unsaturated/α-hetero) is 1. The second-order valence-corrected chi connectivity index (χ2v) is 8.47. The lowest BCUT2D eigenvalue weighted by Crippen LogP contribution is -2.49. The zero-order valence-electron chi connectivity index (χ0n) is 16.3. The van der Waals surface area contributed by atoms with Gasteiger partial charge in [-0.1, -0.05) is 17.7 Å². The number of nitrogens with zero attached hydrogens (tertiary/aromatic N) is 3. The van der Waals surface area contributed by atoms with Crippen LogP contribution in [0, 0.1) is 5.92 Å². The van der Waals surface area contributed by atoms with Gasteiger partial charge in [0.1, 0.15) is 0 Å². The Morgan fingerprint density at radius 2 is 1.82 bits per heavy atom. The maximum atomic E-state index is 12.9. The Labute approximate surface area is 172 Å². The molecule has 2 aliphatic heterocycles. The Balaban J connectivity index is 1.30. The standard InChI is InChI=1S/C23H28ClN3O/c24-20-8-6-18(7-9-20)23(28)19-4-3-13-27(16-19)22-10-14-26(15-11-22)17-21-5-1-2-12-25-21/h1-2,5-9,12,19,22H,3-4,10-11,13-17H2/t19-/m0/s1. The summed E-state index contributed by atoms with van der Waals surface area (Å²) in [5.41, 5.74) is 1.94. The molecule has 4 nitrogen and oxygen atoms in total. The van der Waals surface area contributed by atoms with E-state index in [1.54, 1.807) is 0 Å². The topological polar surface area (TPSA) is 36.4 Å². The van der Waals surface area contributed by atoms with E-state index in [9.17, 15) is 4.79 Å². The van der Waals surface area contributed by atoms with E-state index in [0.29, 0.717) is 11.1 Å². The van der Waals surface area contributed by atoms with Gasteiger partial charge in [-0.3, -0.25) is 19.6 Å². The van der Waals surface area contributed by atoms with Gasteiger partial charge in [0.2, 0.25) is 0 Å². The van der Waals surface area contributed by atoms with Crippen molar-refractivity contribution < 1.29 is 4.79 Å². The van der Waals surface area contributed by atoms with Crippen molar-refractivity contribution in [1.82, 2.24) is 14.8 Å². The monoisotopic (exact) mass is 397 g/mol. The lowest BCUT2D eigenvalue weighted by molar-refractivity contribution is 0.0583. The Hall–Kier alpha value is -1.75. The van der Waals surface area contributed by atoms with Crippen molar-refractivity contribution in [2.45, 2.75) is 38.3 Å². The van der Waals surface area contributed by atoms with Gasteiger partial charge in [-0.25, -0.2) is 0 Å². The molecular weight excluding hydrogens is 370 g/mol. The van der Waals surface area contributed by atoms with Gasteiger partial charge in [0.15, 0.2) is 5.78 Å². The van der Waals surface area contributed by atoms with E-state index >= 15 is 0 Å². The minimum atomic E-state index is 0.112. The summed E-state index contributed by atoms with van der Waals surface area (Å²) < 4.78 is 0. The lowest BCUT2D eigenvalue weighted by atomic mass is 9.88. The number of carbonyl (C=O) groups excluding carboxylic acids is 1. The summed E-state index contributed by atoms with van der Waals surface area (Å²) in [6, 6.07) is 14.1. The number of pyridine rings is 1. The molecular formula is C23H28ClN3O. The highest BCUT2D eigenvalue weighted by molar-refractivity contribution is 6.30. The van der Waals surface area contributed by atoms with E-state index in [1.165, 1.54) is 12.8 Å². The summed E-state index contributed by atoms with van der Waals surface area (Å²) in [4.78, 5) is 22.4. The van der Waals surface area contributed by atoms with Crippen LogP contribution in [0.2, 0.25) is 5.02 Å². The van der Waals surface area contributed by atoms with Crippen LogP contribution in [0.5, 0.6) is 0 Å². The zero-order chi connectivity index (χ0) is 19.3. The van der Waals surface area contributed by atoms with Crippen LogP contribution in [0.3, 0.4) is 0 Å². The molecule has 0 unspecified atom stereocenters. The number of aromatic nitrogens is 1. The van der Waals surface area contributed by atoms with E-state index in [1.807, 2.05) is 36.5 Å². The number of piperidine rings is 2. The predicted molar refractivity (Wildman–Crippen MR) is 113 cm³/mol. The van der Waals surface area contributed by atoms with Crippen LogP contribution in [0.1, 0.15) is 41.7 Å². The number of ketones is 1. The Bertz CT molecular complexity index is 772. The average molecular weight is 398 g/mol. The van der Waals surface area contributed by atoms with Gasteiger partial charge in [-0.15, -0.1) is 0 Å². The largest absolute Gasteiger partial charge is 0.300 e. The second kappa shape index (κ2) is 9.17. The first-order valence-corrected chi connectivity index (χ1v) is 10.7. The summed E-state index contributed by atoms with van der Waals surface area (Å²) in [6.45, 7) is 5.16. The molecule has 28 heavy (non-hydrogen) atoms. The maximum Gasteiger partial charge on any atom is 0.167 e. The highest BCUT2D eigenvalue weighted by Crippen LogP contribution is 2.27. The first-order chi connectivity index (χ1) is 13.7. The van der Waals surface area contributed by atoms with Crippen LogP contribution in [0.25, 0.3) is 0 Å². The zero-order valence-corrected chi connectivity index (χ0v) is 17.0. The number of carbonyl (C=O) groups is 1. The second-order valence-electron chi connectivity index (χ2n) is 8.03. The summed E-state index contributed by atoms with van der Waals surface area (Å²) in [5, 5.41) is 0.680. The van der Waals surface area contributed by atoms with Gasteiger partial charge in [0.05, 0.1) is 5.69 Å². The summed E-state index contributed by atoms with van der Waals surface area (Å²) in [7, 11) is 0. The fourth-order valence-electron chi connectivity index (χ4n) is 4.57. The number of rotatable bonds is 5. The van der Waals surface area contributed by atoms with Crippen LogP contribution in [0.4, 0.5) is 0 Å². The lowest BCUT2D eigenvalue weighted by Gasteiger charge is -2.42. The molecule has 2 aromatic rings. The van der Waals surface area contributed by atoms with E-state index in [-0.39, 0.29) is 11.7 Å². The van der Waals surface area contributed by atoms with Crippen LogP contribution < -0.4 is 0 Å². The van der Waals surface area contributed by atoms with Crippen molar-refractivity contribution in [3.8, 4) is 0 Å². The van der Waals surface area contributed by atoms with E-state index in [2.05, 4.69) is 26.9 Å². The van der Waals surface area contributed by atoms with E-state index < -0.39 is 0 Å². The first kappa shape index (κ1) is 19.6. The highest BCUT2D eigenvalue weighted by Gasteiger charge is 2.32. The van der Waals surface area contributed by atoms with Crippen LogP contribution in [-0.4, -0.2) is 52.8 Å². The number of likely N-dealkylation sites (tertiary alicyclic amines) is 2.